The Balaban J connectivity index is 1.64. The maximum absolute atomic E-state index is 12.0. The van der Waals surface area contributed by atoms with Gasteiger partial charge in [-0.15, -0.1) is 0 Å². The molecule has 0 radical (unpaired) electrons. The van der Waals surface area contributed by atoms with Crippen LogP contribution in [-0.2, 0) is 18.4 Å². The lowest BCUT2D eigenvalue weighted by Crippen LogP contribution is -2.26. The molecule has 136 valence electrons. The third-order valence-corrected chi connectivity index (χ3v) is 3.37. The number of imidazole rings is 1. The van der Waals surface area contributed by atoms with Gasteiger partial charge in [0.1, 0.15) is 30.0 Å². The van der Waals surface area contributed by atoms with Gasteiger partial charge >= 0.3 is 6.09 Å². The zero-order valence-corrected chi connectivity index (χ0v) is 15.2. The Morgan fingerprint density at radius 3 is 2.54 bits per heavy atom. The molecule has 0 atom stereocenters. The third kappa shape index (κ3) is 4.47. The lowest BCUT2D eigenvalue weighted by Gasteiger charge is -2.19. The predicted molar refractivity (Wildman–Crippen MR) is 94.6 cm³/mol. The van der Waals surface area contributed by atoms with E-state index < -0.39 is 11.7 Å². The summed E-state index contributed by atoms with van der Waals surface area (Å²) >= 11 is 0. The second-order valence-corrected chi connectivity index (χ2v) is 6.78. The van der Waals surface area contributed by atoms with Crippen molar-refractivity contribution in [1.82, 2.24) is 24.5 Å². The average molecular weight is 355 g/mol. The van der Waals surface area contributed by atoms with E-state index in [-0.39, 0.29) is 0 Å². The second-order valence-electron chi connectivity index (χ2n) is 6.78. The van der Waals surface area contributed by atoms with E-state index in [1.54, 1.807) is 19.4 Å². The van der Waals surface area contributed by atoms with Gasteiger partial charge in [-0.25, -0.2) is 14.3 Å². The van der Waals surface area contributed by atoms with Crippen LogP contribution in [0.5, 0.6) is 5.75 Å². The first kappa shape index (κ1) is 17.7. The van der Waals surface area contributed by atoms with E-state index in [2.05, 4.69) is 15.2 Å². The highest BCUT2D eigenvalue weighted by atomic mass is 16.6. The van der Waals surface area contributed by atoms with Gasteiger partial charge in [-0.1, -0.05) is 0 Å². The van der Waals surface area contributed by atoms with Gasteiger partial charge in [0.2, 0.25) is 0 Å². The van der Waals surface area contributed by atoms with Crippen LogP contribution in [0.15, 0.2) is 43.0 Å². The fraction of sp³-hybridized carbons (Fsp3) is 0.333. The lowest BCUT2D eigenvalue weighted by molar-refractivity contribution is 0.0536. The van der Waals surface area contributed by atoms with Gasteiger partial charge in [-0.05, 0) is 45.0 Å². The highest BCUT2D eigenvalue weighted by molar-refractivity contribution is 5.72. The zero-order valence-electron chi connectivity index (χ0n) is 15.2. The topological polar surface area (TPSA) is 84.1 Å². The van der Waals surface area contributed by atoms with Crippen LogP contribution in [0, 0.1) is 0 Å². The molecule has 2 heterocycles. The number of carbonyl (C=O) groups excluding carboxylic acids is 1. The molecule has 3 aromatic rings. The third-order valence-electron chi connectivity index (χ3n) is 3.37. The number of hydrogen-bond acceptors (Lipinski definition) is 6. The van der Waals surface area contributed by atoms with Gasteiger partial charge in [0.25, 0.3) is 0 Å². The Morgan fingerprint density at radius 1 is 1.19 bits per heavy atom. The molecule has 26 heavy (non-hydrogen) atoms. The Morgan fingerprint density at radius 2 is 1.92 bits per heavy atom. The van der Waals surface area contributed by atoms with E-state index in [0.717, 1.165) is 11.3 Å². The molecule has 0 aliphatic heterocycles. The SMILES string of the molecule is Cn1ncc(COc2ccc(-c3cn(C(=O)OC(C)(C)C)cn3)cc2)n1. The molecule has 0 amide bonds. The minimum Gasteiger partial charge on any atom is -0.487 e. The first-order chi connectivity index (χ1) is 12.3. The summed E-state index contributed by atoms with van der Waals surface area (Å²) < 4.78 is 12.3. The highest BCUT2D eigenvalue weighted by Gasteiger charge is 2.18. The predicted octanol–water partition coefficient (Wildman–Crippen LogP) is 3.04. The monoisotopic (exact) mass is 355 g/mol. The zero-order chi connectivity index (χ0) is 18.7. The summed E-state index contributed by atoms with van der Waals surface area (Å²) in [5.74, 6) is 0.714. The first-order valence-corrected chi connectivity index (χ1v) is 8.16. The number of benzene rings is 1. The molecule has 2 aromatic heterocycles. The summed E-state index contributed by atoms with van der Waals surface area (Å²) in [7, 11) is 1.76. The van der Waals surface area contributed by atoms with Crippen LogP contribution in [0.4, 0.5) is 4.79 Å². The highest BCUT2D eigenvalue weighted by Crippen LogP contribution is 2.22. The largest absolute Gasteiger partial charge is 0.487 e. The van der Waals surface area contributed by atoms with E-state index in [1.807, 2.05) is 45.0 Å². The molecular formula is C18H21N5O3. The quantitative estimate of drug-likeness (QED) is 0.715. The summed E-state index contributed by atoms with van der Waals surface area (Å²) in [6, 6.07) is 7.46. The van der Waals surface area contributed by atoms with Crippen LogP contribution in [0.3, 0.4) is 0 Å². The molecular weight excluding hydrogens is 334 g/mol. The van der Waals surface area contributed by atoms with Crippen molar-refractivity contribution in [2.45, 2.75) is 33.0 Å². The van der Waals surface area contributed by atoms with E-state index in [4.69, 9.17) is 9.47 Å². The molecule has 0 aliphatic rings. The van der Waals surface area contributed by atoms with Crippen molar-refractivity contribution >= 4 is 6.09 Å². The van der Waals surface area contributed by atoms with Crippen molar-refractivity contribution < 1.29 is 14.3 Å². The Kier molecular flexibility index (Phi) is 4.75. The molecule has 0 saturated heterocycles. The maximum atomic E-state index is 12.0. The number of aryl methyl sites for hydroxylation is 1. The molecule has 8 heteroatoms. The molecule has 0 fully saturated rings. The van der Waals surface area contributed by atoms with Crippen LogP contribution < -0.4 is 4.74 Å². The number of carbonyl (C=O) groups is 1. The molecule has 0 spiro atoms. The van der Waals surface area contributed by atoms with E-state index in [0.29, 0.717) is 18.1 Å². The minimum atomic E-state index is -0.552. The van der Waals surface area contributed by atoms with Crippen LogP contribution >= 0.6 is 0 Å². The summed E-state index contributed by atoms with van der Waals surface area (Å²) in [6.45, 7) is 5.81. The van der Waals surface area contributed by atoms with E-state index in [9.17, 15) is 4.79 Å². The van der Waals surface area contributed by atoms with Gasteiger partial charge in [0.15, 0.2) is 0 Å². The first-order valence-electron chi connectivity index (χ1n) is 8.16. The van der Waals surface area contributed by atoms with Gasteiger partial charge < -0.3 is 9.47 Å². The number of hydrogen-bond donors (Lipinski definition) is 0. The summed E-state index contributed by atoms with van der Waals surface area (Å²) in [5, 5.41) is 8.16. The van der Waals surface area contributed by atoms with Gasteiger partial charge in [-0.2, -0.15) is 15.0 Å². The van der Waals surface area contributed by atoms with Crippen molar-refractivity contribution in [3.05, 3.63) is 48.7 Å². The molecule has 0 aliphatic carbocycles. The summed E-state index contributed by atoms with van der Waals surface area (Å²) in [6.07, 6.45) is 4.29. The van der Waals surface area contributed by atoms with Gasteiger partial charge in [0, 0.05) is 18.8 Å². The van der Waals surface area contributed by atoms with Crippen molar-refractivity contribution in [3.63, 3.8) is 0 Å². The van der Waals surface area contributed by atoms with E-state index in [1.165, 1.54) is 15.7 Å². The normalized spacial score (nSPS) is 11.4. The molecule has 1 aromatic carbocycles. The van der Waals surface area contributed by atoms with Gasteiger partial charge in [0.05, 0.1) is 11.9 Å². The molecule has 3 rings (SSSR count). The number of aromatic nitrogens is 5. The smallest absolute Gasteiger partial charge is 0.419 e. The van der Waals surface area contributed by atoms with Crippen molar-refractivity contribution in [2.75, 3.05) is 0 Å². The lowest BCUT2D eigenvalue weighted by atomic mass is 10.1. The van der Waals surface area contributed by atoms with Crippen LogP contribution in [-0.4, -0.2) is 36.2 Å². The Hall–Kier alpha value is -3.16. The van der Waals surface area contributed by atoms with Crippen LogP contribution in [0.25, 0.3) is 11.3 Å². The van der Waals surface area contributed by atoms with Crippen molar-refractivity contribution in [1.29, 1.82) is 0 Å². The van der Waals surface area contributed by atoms with E-state index >= 15 is 0 Å². The standard InChI is InChI=1S/C18H21N5O3/c1-18(2,3)26-17(24)23-10-16(19-12-23)13-5-7-15(8-6-13)25-11-14-9-20-22(4)21-14/h5-10,12H,11H2,1-4H3. The number of ether oxygens (including phenoxy) is 2. The molecule has 8 nitrogen and oxygen atoms in total. The fourth-order valence-electron chi connectivity index (χ4n) is 2.22. The molecule has 0 saturated carbocycles. The Labute approximate surface area is 151 Å². The minimum absolute atomic E-state index is 0.348. The number of nitrogens with zero attached hydrogens (tertiary/aromatic N) is 5. The summed E-state index contributed by atoms with van der Waals surface area (Å²) in [5.41, 5.74) is 1.76. The summed E-state index contributed by atoms with van der Waals surface area (Å²) in [4.78, 5) is 17.8. The molecule has 0 unspecified atom stereocenters. The fourth-order valence-corrected chi connectivity index (χ4v) is 2.22. The number of rotatable bonds is 4. The Bertz CT molecular complexity index is 890. The van der Waals surface area contributed by atoms with Gasteiger partial charge in [-0.3, -0.25) is 0 Å². The maximum Gasteiger partial charge on any atom is 0.419 e. The van der Waals surface area contributed by atoms with Crippen LogP contribution in [0.2, 0.25) is 0 Å². The second kappa shape index (κ2) is 6.99. The van der Waals surface area contributed by atoms with Crippen molar-refractivity contribution in [2.24, 2.45) is 7.05 Å². The van der Waals surface area contributed by atoms with Crippen molar-refractivity contribution in [3.8, 4) is 17.0 Å². The van der Waals surface area contributed by atoms with Crippen LogP contribution in [0.1, 0.15) is 26.5 Å². The molecule has 0 bridgehead atoms. The molecule has 0 N–H and O–H groups in total. The average Bonchev–Trinajstić information content (AvgIpc) is 3.21.